The second-order valence-electron chi connectivity index (χ2n) is 22.5. The van der Waals surface area contributed by atoms with Gasteiger partial charge in [0.25, 0.3) is 0 Å². The van der Waals surface area contributed by atoms with Crippen LogP contribution >= 0.6 is 0 Å². The summed E-state index contributed by atoms with van der Waals surface area (Å²) in [5, 5.41) is 28.1. The molecular formula is C64H112Cl2N4O12. The van der Waals surface area contributed by atoms with Crippen LogP contribution in [0.2, 0.25) is 0 Å². The molecule has 0 spiro atoms. The zero-order chi connectivity index (χ0) is 59.7. The lowest BCUT2D eigenvalue weighted by molar-refractivity contribution is -0.883. The van der Waals surface area contributed by atoms with Crippen LogP contribution in [0.4, 0.5) is 0 Å². The number of hydrogen-bond donors (Lipinski definition) is 4. The second-order valence-corrected chi connectivity index (χ2v) is 22.5. The zero-order valence-corrected chi connectivity index (χ0v) is 53.6. The summed E-state index contributed by atoms with van der Waals surface area (Å²) in [4.78, 5) is 74.2. The first-order valence-corrected chi connectivity index (χ1v) is 30.4. The molecule has 0 aromatic carbocycles. The van der Waals surface area contributed by atoms with Crippen LogP contribution in [0.25, 0.3) is 0 Å². The largest absolute Gasteiger partial charge is 1.00 e. The van der Waals surface area contributed by atoms with E-state index in [1.54, 1.807) is 6.08 Å². The highest BCUT2D eigenvalue weighted by atomic mass is 35.5. The van der Waals surface area contributed by atoms with Crippen LogP contribution < -0.4 is 35.4 Å². The van der Waals surface area contributed by atoms with Gasteiger partial charge in [-0.15, -0.1) is 0 Å². The average Bonchev–Trinajstić information content (AvgIpc) is 3.37. The Bertz CT molecular complexity index is 1760. The fourth-order valence-electron chi connectivity index (χ4n) is 8.68. The third-order valence-electron chi connectivity index (χ3n) is 13.5. The molecular weight excluding hydrogens is 1090 g/mol. The van der Waals surface area contributed by atoms with Crippen molar-refractivity contribution in [1.82, 2.24) is 10.6 Å². The number of aliphatic hydroxyl groups is 2. The maximum absolute atomic E-state index is 13.0. The van der Waals surface area contributed by atoms with Gasteiger partial charge in [-0.1, -0.05) is 158 Å². The number of halogens is 2. The van der Waals surface area contributed by atoms with Gasteiger partial charge < -0.3 is 73.6 Å². The van der Waals surface area contributed by atoms with E-state index in [1.165, 1.54) is 13.8 Å². The summed E-state index contributed by atoms with van der Waals surface area (Å²) in [5.74, 6) is -1.70. The number of carbonyl (C=O) groups excluding carboxylic acids is 6. The highest BCUT2D eigenvalue weighted by Gasteiger charge is 2.29. The molecule has 0 aliphatic rings. The van der Waals surface area contributed by atoms with E-state index in [0.29, 0.717) is 60.6 Å². The number of allylic oxidation sites excluding steroid dienone is 9. The molecule has 0 fully saturated rings. The van der Waals surface area contributed by atoms with Crippen molar-refractivity contribution < 1.29 is 91.7 Å². The van der Waals surface area contributed by atoms with Crippen molar-refractivity contribution in [2.75, 3.05) is 67.6 Å². The van der Waals surface area contributed by atoms with E-state index in [1.807, 2.05) is 89.8 Å². The molecule has 0 aromatic rings. The molecule has 82 heavy (non-hydrogen) atoms. The lowest BCUT2D eigenvalue weighted by Gasteiger charge is -2.30. The Balaban J connectivity index is -0.0000312. The van der Waals surface area contributed by atoms with Gasteiger partial charge in [0, 0.05) is 26.7 Å². The average molecular weight is 1200 g/mol. The number of hydrogen-bond acceptors (Lipinski definition) is 12. The maximum atomic E-state index is 13.0. The van der Waals surface area contributed by atoms with E-state index in [0.717, 1.165) is 128 Å². The summed E-state index contributed by atoms with van der Waals surface area (Å²) < 4.78 is 22.4. The Morgan fingerprint density at radius 1 is 0.488 bits per heavy atom. The van der Waals surface area contributed by atoms with Crippen LogP contribution in [0.5, 0.6) is 0 Å². The van der Waals surface area contributed by atoms with Gasteiger partial charge in [-0.3, -0.25) is 19.2 Å². The fraction of sp³-hybridized carbons (Fsp3) is 0.719. The predicted octanol–water partition coefficient (Wildman–Crippen LogP) is 4.92. The van der Waals surface area contributed by atoms with E-state index < -0.39 is 30.6 Å². The van der Waals surface area contributed by atoms with Crippen LogP contribution in [-0.4, -0.2) is 153 Å². The lowest BCUT2D eigenvalue weighted by Crippen LogP contribution is -3.00. The molecule has 0 aliphatic carbocycles. The summed E-state index contributed by atoms with van der Waals surface area (Å²) >= 11 is 0. The van der Waals surface area contributed by atoms with Gasteiger partial charge in [-0.25, -0.2) is 9.59 Å². The number of ether oxygens (including phenoxy) is 4. The molecule has 0 saturated heterocycles. The van der Waals surface area contributed by atoms with Crippen molar-refractivity contribution in [3.05, 3.63) is 72.9 Å². The molecule has 16 nitrogen and oxygen atoms in total. The Labute approximate surface area is 508 Å². The normalized spacial score (nSPS) is 13.9. The molecule has 4 unspecified atom stereocenters. The van der Waals surface area contributed by atoms with Crippen LogP contribution in [-0.2, 0) is 47.7 Å². The van der Waals surface area contributed by atoms with Crippen molar-refractivity contribution in [2.24, 2.45) is 0 Å². The monoisotopic (exact) mass is 1200 g/mol. The van der Waals surface area contributed by atoms with Crippen molar-refractivity contribution in [1.29, 1.82) is 0 Å². The summed E-state index contributed by atoms with van der Waals surface area (Å²) in [6.07, 6.45) is 41.6. The van der Waals surface area contributed by atoms with Crippen LogP contribution in [0, 0.1) is 0 Å². The molecule has 0 aliphatic heterocycles. The third kappa shape index (κ3) is 51.3. The highest BCUT2D eigenvalue weighted by molar-refractivity contribution is 5.79. The van der Waals surface area contributed by atoms with Gasteiger partial charge in [-0.05, 0) is 90.0 Å². The number of rotatable bonds is 50. The topological polar surface area (TPSA) is 204 Å². The van der Waals surface area contributed by atoms with E-state index in [-0.39, 0.29) is 86.8 Å². The van der Waals surface area contributed by atoms with Crippen LogP contribution in [0.15, 0.2) is 72.9 Å². The van der Waals surface area contributed by atoms with Gasteiger partial charge in [0.15, 0.2) is 13.1 Å². The molecule has 18 heteroatoms. The smallest absolute Gasteiger partial charge is 0.362 e. The molecule has 2 amide bonds. The van der Waals surface area contributed by atoms with Crippen molar-refractivity contribution in [3.8, 4) is 0 Å². The van der Waals surface area contributed by atoms with Crippen LogP contribution in [0.3, 0.4) is 0 Å². The summed E-state index contributed by atoms with van der Waals surface area (Å²) in [7, 11) is 7.53. The van der Waals surface area contributed by atoms with E-state index in [2.05, 4.69) is 36.6 Å². The van der Waals surface area contributed by atoms with Gasteiger partial charge in [0.05, 0.1) is 40.4 Å². The number of unbranched alkanes of at least 4 members (excludes halogenated alkanes) is 16. The minimum Gasteiger partial charge on any atom is -1.00 e. The number of nitrogens with zero attached hydrogens (tertiary/aromatic N) is 2. The molecule has 4 atom stereocenters. The van der Waals surface area contributed by atoms with Crippen molar-refractivity contribution in [3.63, 3.8) is 0 Å². The first kappa shape index (κ1) is 81.9. The molecule has 474 valence electrons. The Kier molecular flexibility index (Phi) is 53.3. The van der Waals surface area contributed by atoms with Gasteiger partial charge in [-0.2, -0.15) is 0 Å². The Morgan fingerprint density at radius 3 is 1.24 bits per heavy atom. The highest BCUT2D eigenvalue weighted by Crippen LogP contribution is 2.19. The zero-order valence-electron chi connectivity index (χ0n) is 52.1. The summed E-state index contributed by atoms with van der Waals surface area (Å²) in [6.45, 7) is 10.6. The van der Waals surface area contributed by atoms with Gasteiger partial charge in [0.2, 0.25) is 11.8 Å². The number of amides is 2. The molecule has 4 N–H and O–H groups in total. The SMILES string of the molecule is C/C=C/C=C/C=C/C=C/C(NC(=O)CCCCCCCC=CCC(O)C(CCCCCC)OC(=O)C[N+](C)(C)CCOC(C)=O)NC(=O)CCCCCCCC=CCC(O)C(CCCCCC)OC(=O)C[N+](C)(C)CCOC(C)=O.[Cl-].[Cl-]. The van der Waals surface area contributed by atoms with E-state index in [4.69, 9.17) is 18.9 Å². The fourth-order valence-corrected chi connectivity index (χ4v) is 8.68. The molecule has 0 rings (SSSR count). The first-order valence-electron chi connectivity index (χ1n) is 30.4. The lowest BCUT2D eigenvalue weighted by atomic mass is 10.0. The maximum Gasteiger partial charge on any atom is 0.362 e. The minimum atomic E-state index is -0.799. The number of quaternary nitrogens is 2. The number of nitrogens with one attached hydrogen (secondary N) is 2. The third-order valence-corrected chi connectivity index (χ3v) is 13.5. The minimum absolute atomic E-state index is 0. The quantitative estimate of drug-likeness (QED) is 0.0122. The summed E-state index contributed by atoms with van der Waals surface area (Å²) in [5.41, 5.74) is 0. The standard InChI is InChI=1S/C64H110N4O12.2ClH/c1-10-13-16-19-24-31-38-45-60(65-61(73)46-39-32-27-22-20-25-29-34-41-56(71)58(43-36-17-14-11-2)79-63(75)52-67(6,7)48-50-77-54(4)69)66-62(74)47-40-33-28-23-21-26-30-35-42-57(72)59(44-37-18-15-12-3)80-64(76)53-68(8,9)49-51-78-55(5)70;;/h10,13,16,19,24,29-31,34-35,38,45,56-60,71-72H,11-12,14-15,17-18,20-23,25-28,32-33,36-37,39-44,46-53H2,1-9H3;2*1H/b13-10+,19-16+,31-24+,34-29?,35-30?,45-38+;;. The number of carbonyl (C=O) groups is 6. The molecule has 0 heterocycles. The van der Waals surface area contributed by atoms with E-state index >= 15 is 0 Å². The molecule has 0 bridgehead atoms. The molecule has 0 aromatic heterocycles. The van der Waals surface area contributed by atoms with Crippen LogP contribution in [0.1, 0.15) is 202 Å². The Hall–Kier alpha value is -4.32. The molecule has 0 radical (unpaired) electrons. The number of likely N-dealkylation sites (N-methyl/N-ethyl adjacent to an activating group) is 2. The first-order chi connectivity index (χ1) is 38.2. The van der Waals surface area contributed by atoms with Gasteiger partial charge in [0.1, 0.15) is 44.7 Å². The van der Waals surface area contributed by atoms with E-state index in [9.17, 15) is 39.0 Å². The number of aliphatic hydroxyl groups excluding tert-OH is 2. The summed E-state index contributed by atoms with van der Waals surface area (Å²) in [6, 6.07) is 0. The van der Waals surface area contributed by atoms with Gasteiger partial charge >= 0.3 is 23.9 Å². The predicted molar refractivity (Wildman–Crippen MR) is 321 cm³/mol. The molecule has 0 saturated carbocycles. The number of esters is 4. The van der Waals surface area contributed by atoms with Crippen molar-refractivity contribution in [2.45, 2.75) is 232 Å². The second kappa shape index (κ2) is 53.4. The Morgan fingerprint density at radius 2 is 0.854 bits per heavy atom. The van der Waals surface area contributed by atoms with Crippen molar-refractivity contribution >= 4 is 35.7 Å².